The number of hydrogen-bond acceptors (Lipinski definition) is 6. The fourth-order valence-corrected chi connectivity index (χ4v) is 2.56. The molecule has 0 spiro atoms. The Hall–Kier alpha value is -3.29. The normalized spacial score (nSPS) is 12.9. The number of ketones is 1. The van der Waals surface area contributed by atoms with Gasteiger partial charge in [-0.15, -0.1) is 0 Å². The Morgan fingerprint density at radius 2 is 2.16 bits per heavy atom. The number of hydrogen-bond donors (Lipinski definition) is 1. The number of ether oxygens (including phenoxy) is 1. The molecule has 25 heavy (non-hydrogen) atoms. The molecule has 0 fully saturated rings. The molecule has 1 amide bonds. The molecule has 1 N–H and O–H groups in total. The Balaban J connectivity index is 1.73. The number of fused-ring (bicyclic) bond motifs is 1. The van der Waals surface area contributed by atoms with Gasteiger partial charge in [-0.3, -0.25) is 19.7 Å². The van der Waals surface area contributed by atoms with Gasteiger partial charge >= 0.3 is 5.69 Å². The first kappa shape index (κ1) is 16.6. The van der Waals surface area contributed by atoms with Gasteiger partial charge in [-0.25, -0.2) is 4.98 Å². The quantitative estimate of drug-likeness (QED) is 0.508. The highest BCUT2D eigenvalue weighted by Crippen LogP contribution is 2.26. The standard InChI is InChI=1S/C17H15N3O5/c1-10-6-14(20(23)24)17(18-8-10)25-9-15(21)12-2-4-13-11(7-12)3-5-16(22)19-13/h2,4,6-8H,3,5,9H2,1H3,(H,19,22). The second-order valence-corrected chi connectivity index (χ2v) is 5.73. The number of carbonyl (C=O) groups excluding carboxylic acids is 2. The van der Waals surface area contributed by atoms with Crippen LogP contribution in [-0.4, -0.2) is 28.2 Å². The fraction of sp³-hybridized carbons (Fsp3) is 0.235. The maximum Gasteiger partial charge on any atom is 0.331 e. The van der Waals surface area contributed by atoms with E-state index >= 15 is 0 Å². The third-order valence-electron chi connectivity index (χ3n) is 3.83. The minimum atomic E-state index is -0.596. The van der Waals surface area contributed by atoms with E-state index in [0.717, 1.165) is 5.56 Å². The molecule has 0 atom stereocenters. The number of benzene rings is 1. The van der Waals surface area contributed by atoms with Crippen LogP contribution in [0.3, 0.4) is 0 Å². The lowest BCUT2D eigenvalue weighted by molar-refractivity contribution is -0.386. The number of nitrogens with zero attached hydrogens (tertiary/aromatic N) is 2. The molecule has 2 heterocycles. The van der Waals surface area contributed by atoms with Crippen molar-refractivity contribution in [2.75, 3.05) is 11.9 Å². The first-order valence-electron chi connectivity index (χ1n) is 7.64. The number of Topliss-reactive ketones (excluding diaryl/α,β-unsaturated/α-hetero) is 1. The van der Waals surface area contributed by atoms with Crippen molar-refractivity contribution in [3.8, 4) is 5.88 Å². The van der Waals surface area contributed by atoms with Crippen LogP contribution in [0.4, 0.5) is 11.4 Å². The van der Waals surface area contributed by atoms with Crippen LogP contribution in [0, 0.1) is 17.0 Å². The van der Waals surface area contributed by atoms with Gasteiger partial charge in [-0.05, 0) is 42.7 Å². The summed E-state index contributed by atoms with van der Waals surface area (Å²) >= 11 is 0. The average Bonchev–Trinajstić information content (AvgIpc) is 2.59. The molecule has 1 aliphatic rings. The third kappa shape index (κ3) is 3.63. The molecule has 0 aliphatic carbocycles. The van der Waals surface area contributed by atoms with Crippen LogP contribution in [0.25, 0.3) is 0 Å². The highest BCUT2D eigenvalue weighted by molar-refractivity contribution is 5.99. The lowest BCUT2D eigenvalue weighted by Crippen LogP contribution is -2.20. The van der Waals surface area contributed by atoms with Crippen LogP contribution in [0.1, 0.15) is 27.9 Å². The molecular formula is C17H15N3O5. The van der Waals surface area contributed by atoms with Crippen molar-refractivity contribution in [2.24, 2.45) is 0 Å². The lowest BCUT2D eigenvalue weighted by atomic mass is 9.99. The van der Waals surface area contributed by atoms with Gasteiger partial charge in [0.15, 0.2) is 12.4 Å². The number of nitrogens with one attached hydrogen (secondary N) is 1. The molecule has 8 nitrogen and oxygen atoms in total. The fourth-order valence-electron chi connectivity index (χ4n) is 2.56. The summed E-state index contributed by atoms with van der Waals surface area (Å²) in [4.78, 5) is 38.0. The zero-order chi connectivity index (χ0) is 18.0. The van der Waals surface area contributed by atoms with Crippen molar-refractivity contribution < 1.29 is 19.2 Å². The zero-order valence-corrected chi connectivity index (χ0v) is 13.4. The number of amides is 1. The van der Waals surface area contributed by atoms with E-state index in [1.807, 2.05) is 0 Å². The summed E-state index contributed by atoms with van der Waals surface area (Å²) in [5.41, 5.74) is 2.35. The highest BCUT2D eigenvalue weighted by Gasteiger charge is 2.20. The van der Waals surface area contributed by atoms with Crippen molar-refractivity contribution in [3.63, 3.8) is 0 Å². The molecule has 2 aromatic rings. The Morgan fingerprint density at radius 3 is 2.92 bits per heavy atom. The SMILES string of the molecule is Cc1cnc(OCC(=O)c2ccc3c(c2)CCC(=O)N3)c([N+](=O)[O-])c1. The van der Waals surface area contributed by atoms with Gasteiger partial charge in [0.25, 0.3) is 5.88 Å². The number of aryl methyl sites for hydroxylation is 2. The van der Waals surface area contributed by atoms with Crippen molar-refractivity contribution in [2.45, 2.75) is 19.8 Å². The average molecular weight is 341 g/mol. The number of nitro groups is 1. The number of aromatic nitrogens is 1. The van der Waals surface area contributed by atoms with E-state index in [1.165, 1.54) is 12.3 Å². The molecule has 8 heteroatoms. The van der Waals surface area contributed by atoms with E-state index in [0.29, 0.717) is 29.7 Å². The predicted molar refractivity (Wildman–Crippen MR) is 88.8 cm³/mol. The van der Waals surface area contributed by atoms with Gasteiger partial charge in [0.1, 0.15) is 0 Å². The molecule has 0 saturated heterocycles. The van der Waals surface area contributed by atoms with Gasteiger partial charge in [0.2, 0.25) is 5.91 Å². The molecule has 0 saturated carbocycles. The highest BCUT2D eigenvalue weighted by atomic mass is 16.6. The first-order valence-corrected chi connectivity index (χ1v) is 7.64. The molecule has 3 rings (SSSR count). The number of rotatable bonds is 5. The van der Waals surface area contributed by atoms with Gasteiger partial charge in [0.05, 0.1) is 4.92 Å². The summed E-state index contributed by atoms with van der Waals surface area (Å²) in [6.45, 7) is 1.32. The van der Waals surface area contributed by atoms with Crippen molar-refractivity contribution >= 4 is 23.1 Å². The van der Waals surface area contributed by atoms with Crippen LogP contribution in [-0.2, 0) is 11.2 Å². The topological polar surface area (TPSA) is 111 Å². The van der Waals surface area contributed by atoms with Gasteiger partial charge in [-0.2, -0.15) is 0 Å². The number of carbonyl (C=O) groups is 2. The van der Waals surface area contributed by atoms with Crippen molar-refractivity contribution in [3.05, 3.63) is 57.3 Å². The summed E-state index contributed by atoms with van der Waals surface area (Å²) < 4.78 is 5.26. The summed E-state index contributed by atoms with van der Waals surface area (Å²) in [7, 11) is 0. The Kier molecular flexibility index (Phi) is 4.42. The molecule has 0 unspecified atom stereocenters. The largest absolute Gasteiger partial charge is 0.464 e. The summed E-state index contributed by atoms with van der Waals surface area (Å²) in [6.07, 6.45) is 2.38. The molecule has 1 aromatic carbocycles. The maximum absolute atomic E-state index is 12.3. The lowest BCUT2D eigenvalue weighted by Gasteiger charge is -2.17. The Labute approximate surface area is 143 Å². The van der Waals surface area contributed by atoms with Crippen molar-refractivity contribution in [1.82, 2.24) is 4.98 Å². The Morgan fingerprint density at radius 1 is 1.36 bits per heavy atom. The van der Waals surface area contributed by atoms with E-state index < -0.39 is 4.92 Å². The third-order valence-corrected chi connectivity index (χ3v) is 3.83. The molecule has 0 radical (unpaired) electrons. The van der Waals surface area contributed by atoms with E-state index in [1.54, 1.807) is 25.1 Å². The first-order chi connectivity index (χ1) is 11.9. The van der Waals surface area contributed by atoms with E-state index in [2.05, 4.69) is 10.3 Å². The van der Waals surface area contributed by atoms with E-state index in [9.17, 15) is 19.7 Å². The maximum atomic E-state index is 12.3. The summed E-state index contributed by atoms with van der Waals surface area (Å²) in [5.74, 6) is -0.557. The Bertz CT molecular complexity index is 879. The van der Waals surface area contributed by atoms with Crippen molar-refractivity contribution in [1.29, 1.82) is 0 Å². The number of anilines is 1. The van der Waals surface area contributed by atoms with E-state index in [4.69, 9.17) is 4.74 Å². The second kappa shape index (κ2) is 6.68. The summed E-state index contributed by atoms with van der Waals surface area (Å²) in [5, 5.41) is 13.8. The van der Waals surface area contributed by atoms with Crippen LogP contribution in [0.5, 0.6) is 5.88 Å². The van der Waals surface area contributed by atoms with Gasteiger partial charge in [0, 0.05) is 29.9 Å². The smallest absolute Gasteiger partial charge is 0.331 e. The van der Waals surface area contributed by atoms with Crippen LogP contribution in [0.2, 0.25) is 0 Å². The van der Waals surface area contributed by atoms with Gasteiger partial charge in [-0.1, -0.05) is 0 Å². The molecule has 128 valence electrons. The summed E-state index contributed by atoms with van der Waals surface area (Å²) in [6, 6.07) is 6.31. The predicted octanol–water partition coefficient (Wildman–Crippen LogP) is 2.44. The number of pyridine rings is 1. The molecular weight excluding hydrogens is 326 g/mol. The second-order valence-electron chi connectivity index (χ2n) is 5.73. The van der Waals surface area contributed by atoms with Crippen LogP contribution in [0.15, 0.2) is 30.5 Å². The molecule has 1 aromatic heterocycles. The van der Waals surface area contributed by atoms with Crippen LogP contribution < -0.4 is 10.1 Å². The monoisotopic (exact) mass is 341 g/mol. The van der Waals surface area contributed by atoms with Crippen LogP contribution >= 0.6 is 0 Å². The zero-order valence-electron chi connectivity index (χ0n) is 13.4. The molecule has 0 bridgehead atoms. The minimum absolute atomic E-state index is 0.0485. The molecule has 1 aliphatic heterocycles. The van der Waals surface area contributed by atoms with Gasteiger partial charge < -0.3 is 10.1 Å². The minimum Gasteiger partial charge on any atom is -0.464 e. The van der Waals surface area contributed by atoms with E-state index in [-0.39, 0.29) is 29.9 Å².